The maximum atomic E-state index is 12.3. The van der Waals surface area contributed by atoms with Crippen molar-refractivity contribution in [2.24, 2.45) is 5.92 Å². The number of carbonyl (C=O) groups is 2. The highest BCUT2D eigenvalue weighted by Gasteiger charge is 2.48. The van der Waals surface area contributed by atoms with E-state index in [1.807, 2.05) is 0 Å². The second kappa shape index (κ2) is 9.07. The molecule has 1 aromatic carbocycles. The number of nitrogens with zero attached hydrogens (tertiary/aromatic N) is 2. The number of benzene rings is 1. The van der Waals surface area contributed by atoms with Gasteiger partial charge in [0.2, 0.25) is 17.4 Å². The lowest BCUT2D eigenvalue weighted by atomic mass is 9.79. The molecule has 1 heterocycles. The number of aromatic nitrogens is 2. The van der Waals surface area contributed by atoms with Crippen molar-refractivity contribution in [3.63, 3.8) is 0 Å². The van der Waals surface area contributed by atoms with Gasteiger partial charge < -0.3 is 23.7 Å². The van der Waals surface area contributed by atoms with E-state index in [-0.39, 0.29) is 47.8 Å². The largest absolute Gasteiger partial charge is 0.496 e. The van der Waals surface area contributed by atoms with Crippen LogP contribution in [-0.4, -0.2) is 53.3 Å². The van der Waals surface area contributed by atoms with Crippen molar-refractivity contribution in [1.82, 2.24) is 10.2 Å². The quantitative estimate of drug-likeness (QED) is 0.605. The molecule has 2 aromatic rings. The normalized spacial score (nSPS) is 20.9. The van der Waals surface area contributed by atoms with Crippen LogP contribution in [0, 0.1) is 19.8 Å². The maximum Gasteiger partial charge on any atom is 0.249 e. The third-order valence-corrected chi connectivity index (χ3v) is 5.48. The second-order valence-corrected chi connectivity index (χ2v) is 7.56. The Hall–Kier alpha value is -2.91. The number of aldehydes is 1. The van der Waals surface area contributed by atoms with Crippen molar-refractivity contribution in [2.75, 3.05) is 20.3 Å². The van der Waals surface area contributed by atoms with Crippen molar-refractivity contribution in [1.29, 1.82) is 0 Å². The van der Waals surface area contributed by atoms with Gasteiger partial charge in [-0.3, -0.25) is 9.59 Å². The number of carbonyl (C=O) groups excluding carboxylic acids is 2. The van der Waals surface area contributed by atoms with E-state index in [0.29, 0.717) is 29.1 Å². The van der Waals surface area contributed by atoms with Crippen molar-refractivity contribution >= 4 is 23.7 Å². The van der Waals surface area contributed by atoms with Gasteiger partial charge in [0.25, 0.3) is 0 Å². The Morgan fingerprint density at radius 1 is 1.39 bits per heavy atom. The molecule has 0 saturated carbocycles. The van der Waals surface area contributed by atoms with Gasteiger partial charge in [-0.2, -0.15) is 0 Å². The number of aliphatic hydroxyl groups excluding tert-OH is 1. The van der Waals surface area contributed by atoms with Gasteiger partial charge in [0.15, 0.2) is 17.8 Å². The molecule has 31 heavy (non-hydrogen) atoms. The van der Waals surface area contributed by atoms with E-state index in [4.69, 9.17) is 30.2 Å². The molecule has 0 bridgehead atoms. The minimum atomic E-state index is -1.57. The first-order valence-electron chi connectivity index (χ1n) is 9.59. The molecule has 0 amide bonds. The Morgan fingerprint density at radius 2 is 2.13 bits per heavy atom. The van der Waals surface area contributed by atoms with Gasteiger partial charge in [-0.1, -0.05) is 18.5 Å². The lowest BCUT2D eigenvalue weighted by Gasteiger charge is -2.38. The first-order chi connectivity index (χ1) is 14.8. The molecule has 1 aliphatic rings. The number of ketones is 1. The summed E-state index contributed by atoms with van der Waals surface area (Å²) in [6.07, 6.45) is 1.96. The molecule has 0 fully saturated rings. The Bertz CT molecular complexity index is 1030. The first-order valence-corrected chi connectivity index (χ1v) is 9.96. The maximum absolute atomic E-state index is 12.3. The lowest BCUT2D eigenvalue weighted by Crippen LogP contribution is -2.50. The number of aliphatic hydroxyl groups is 1. The minimum absolute atomic E-state index is 0.0250. The first kappa shape index (κ1) is 22.8. The summed E-state index contributed by atoms with van der Waals surface area (Å²) < 4.78 is 22.7. The van der Waals surface area contributed by atoms with E-state index in [1.54, 1.807) is 26.8 Å². The van der Waals surface area contributed by atoms with E-state index in [1.165, 1.54) is 13.2 Å². The molecule has 0 radical (unpaired) electrons. The average molecular weight is 451 g/mol. The average Bonchev–Trinajstić information content (AvgIpc) is 3.17. The summed E-state index contributed by atoms with van der Waals surface area (Å²) >= 11 is 6.67. The van der Waals surface area contributed by atoms with Crippen LogP contribution in [0.3, 0.4) is 0 Å². The van der Waals surface area contributed by atoms with E-state index in [2.05, 4.69) is 10.2 Å². The molecule has 0 saturated heterocycles. The molecule has 1 N–H and O–H groups in total. The lowest BCUT2D eigenvalue weighted by molar-refractivity contribution is -0.130. The molecule has 1 aliphatic carbocycles. The monoisotopic (exact) mass is 450 g/mol. The minimum Gasteiger partial charge on any atom is -0.496 e. The zero-order valence-electron chi connectivity index (χ0n) is 17.6. The zero-order valence-corrected chi connectivity index (χ0v) is 18.4. The number of rotatable bonds is 8. The summed E-state index contributed by atoms with van der Waals surface area (Å²) in [5.74, 6) is 0.344. The number of halogens is 1. The smallest absolute Gasteiger partial charge is 0.249 e. The molecule has 3 rings (SSSR count). The van der Waals surface area contributed by atoms with Crippen LogP contribution in [0.1, 0.15) is 24.8 Å². The molecule has 2 atom stereocenters. The van der Waals surface area contributed by atoms with Crippen LogP contribution in [0.15, 0.2) is 22.3 Å². The highest BCUT2D eigenvalue weighted by molar-refractivity contribution is 6.35. The van der Waals surface area contributed by atoms with Crippen LogP contribution in [0.2, 0.25) is 5.02 Å². The summed E-state index contributed by atoms with van der Waals surface area (Å²) in [5.41, 5.74) is -0.757. The van der Waals surface area contributed by atoms with Crippen LogP contribution < -0.4 is 9.47 Å². The third-order valence-electron chi connectivity index (χ3n) is 5.11. The molecular weight excluding hydrogens is 428 g/mol. The number of ether oxygens (including phenoxy) is 3. The number of allylic oxidation sites excluding steroid dienone is 1. The third kappa shape index (κ3) is 4.15. The van der Waals surface area contributed by atoms with Gasteiger partial charge in [-0.25, -0.2) is 0 Å². The summed E-state index contributed by atoms with van der Waals surface area (Å²) in [7, 11) is 1.36. The van der Waals surface area contributed by atoms with Crippen molar-refractivity contribution < 1.29 is 33.3 Å². The summed E-state index contributed by atoms with van der Waals surface area (Å²) in [6.45, 7) is 4.87. The van der Waals surface area contributed by atoms with Crippen LogP contribution in [-0.2, 0) is 14.3 Å². The second-order valence-electron chi connectivity index (χ2n) is 7.19. The van der Waals surface area contributed by atoms with Gasteiger partial charge in [0.1, 0.15) is 18.1 Å². The Labute approximate surface area is 184 Å². The standard InChI is InChI=1S/C21H23ClN2O7/c1-11-7-14(27)8-17(28-4)21(11,10-26)31-19-12(2)16(29-6-5-25)9-15(18(19)22)20-24-23-13(3)30-20/h8-11,25H,5-7H2,1-4H3/t11-,21+/m1/s1. The van der Waals surface area contributed by atoms with Crippen molar-refractivity contribution in [2.45, 2.75) is 32.8 Å². The molecule has 9 nitrogen and oxygen atoms in total. The zero-order chi connectivity index (χ0) is 22.8. The number of methoxy groups -OCH3 is 1. The fraction of sp³-hybridized carbons (Fsp3) is 0.429. The topological polar surface area (TPSA) is 121 Å². The molecular formula is C21H23ClN2O7. The van der Waals surface area contributed by atoms with E-state index >= 15 is 0 Å². The summed E-state index contributed by atoms with van der Waals surface area (Å²) in [6, 6.07) is 1.60. The number of hydrogen-bond donors (Lipinski definition) is 1. The number of hydrogen-bond acceptors (Lipinski definition) is 9. The van der Waals surface area contributed by atoms with Crippen LogP contribution >= 0.6 is 11.6 Å². The van der Waals surface area contributed by atoms with Crippen molar-refractivity contribution in [3.8, 4) is 23.0 Å². The molecule has 0 unspecified atom stereocenters. The van der Waals surface area contributed by atoms with Crippen LogP contribution in [0.25, 0.3) is 11.5 Å². The fourth-order valence-electron chi connectivity index (χ4n) is 3.44. The highest BCUT2D eigenvalue weighted by Crippen LogP contribution is 2.46. The highest BCUT2D eigenvalue weighted by atomic mass is 35.5. The van der Waals surface area contributed by atoms with Crippen LogP contribution in [0.4, 0.5) is 0 Å². The van der Waals surface area contributed by atoms with E-state index in [9.17, 15) is 14.7 Å². The van der Waals surface area contributed by atoms with Gasteiger partial charge >= 0.3 is 0 Å². The number of aryl methyl sites for hydroxylation is 1. The fourth-order valence-corrected chi connectivity index (χ4v) is 3.76. The Balaban J connectivity index is 2.20. The summed E-state index contributed by atoms with van der Waals surface area (Å²) in [4.78, 5) is 24.3. The van der Waals surface area contributed by atoms with Crippen LogP contribution in [0.5, 0.6) is 11.5 Å². The molecule has 1 aromatic heterocycles. The molecule has 166 valence electrons. The van der Waals surface area contributed by atoms with Gasteiger partial charge in [0.05, 0.1) is 24.3 Å². The van der Waals surface area contributed by atoms with Crippen molar-refractivity contribution in [3.05, 3.63) is 34.4 Å². The summed E-state index contributed by atoms with van der Waals surface area (Å²) in [5, 5.41) is 17.1. The van der Waals surface area contributed by atoms with E-state index in [0.717, 1.165) is 0 Å². The Kier molecular flexibility index (Phi) is 6.66. The van der Waals surface area contributed by atoms with Gasteiger partial charge in [-0.15, -0.1) is 10.2 Å². The molecule has 0 aliphatic heterocycles. The molecule has 0 spiro atoms. The van der Waals surface area contributed by atoms with Gasteiger partial charge in [-0.05, 0) is 13.0 Å². The SMILES string of the molecule is COC1=CC(=O)C[C@@H](C)[C@]1(C=O)Oc1c(C)c(OCCO)cc(-c2nnc(C)o2)c1Cl. The predicted octanol–water partition coefficient (Wildman–Crippen LogP) is 2.83. The van der Waals surface area contributed by atoms with Gasteiger partial charge in [0, 0.05) is 30.9 Å². The Morgan fingerprint density at radius 3 is 2.71 bits per heavy atom. The predicted molar refractivity (Wildman–Crippen MR) is 110 cm³/mol. The molecule has 10 heteroatoms. The van der Waals surface area contributed by atoms with E-state index < -0.39 is 11.5 Å².